The Kier molecular flexibility index (Phi) is 8.51. The summed E-state index contributed by atoms with van der Waals surface area (Å²) >= 11 is 0. The fraction of sp³-hybridized carbons (Fsp3) is 0.536. The summed E-state index contributed by atoms with van der Waals surface area (Å²) in [5.41, 5.74) is 2.00. The maximum absolute atomic E-state index is 15.1. The van der Waals surface area contributed by atoms with E-state index < -0.39 is 11.8 Å². The molecule has 2 N–H and O–H groups in total. The highest BCUT2D eigenvalue weighted by Gasteiger charge is 2.51. The zero-order valence-corrected chi connectivity index (χ0v) is 23.8. The molecule has 0 bridgehead atoms. The Bertz CT molecular complexity index is 1150. The van der Waals surface area contributed by atoms with Crippen molar-refractivity contribution in [2.24, 2.45) is 0 Å². The maximum Gasteiger partial charge on any atom is 0.494 e. The molecule has 2 aliphatic rings. The molecule has 4 rings (SSSR count). The number of nitrogens with one attached hydrogen (secondary N) is 2. The first-order chi connectivity index (χ1) is 18.5. The third-order valence-corrected chi connectivity index (χ3v) is 8.13. The minimum Gasteiger partial charge on any atom is -0.399 e. The molecular weight excluding hydrogens is 498 g/mol. The van der Waals surface area contributed by atoms with Gasteiger partial charge in [-0.2, -0.15) is 0 Å². The Hall–Kier alpha value is -3.18. The van der Waals surface area contributed by atoms with Crippen molar-refractivity contribution in [2.45, 2.75) is 71.6 Å². The van der Waals surface area contributed by atoms with Crippen LogP contribution < -0.4 is 25.5 Å². The first kappa shape index (κ1) is 28.8. The number of aromatic nitrogens is 1. The number of halogens is 1. The van der Waals surface area contributed by atoms with E-state index >= 15 is 4.39 Å². The van der Waals surface area contributed by atoms with Gasteiger partial charge < -0.3 is 24.4 Å². The van der Waals surface area contributed by atoms with Gasteiger partial charge in [0, 0.05) is 44.0 Å². The Morgan fingerprint density at radius 3 is 2.10 bits per heavy atom. The van der Waals surface area contributed by atoms with Crippen molar-refractivity contribution < 1.29 is 18.5 Å². The standard InChI is InChI=1S/C28H40BFN6O3/c1-7-21(8-2)33-26(37)36(19-31)25-24(30)17-23(18-32-25)35-15-13-34(14-16-35)22-11-9-20(10-12-22)29-38-27(3,4)28(5,6)39-29/h9-12,17-19,21,31H,7-8,13-16H2,1-6H3,(H,33,37). The van der Waals surface area contributed by atoms with Gasteiger partial charge in [-0.1, -0.05) is 26.0 Å². The van der Waals surface area contributed by atoms with Crippen molar-refractivity contribution in [3.8, 4) is 0 Å². The summed E-state index contributed by atoms with van der Waals surface area (Å²) in [6.45, 7) is 15.0. The highest BCUT2D eigenvalue weighted by atomic mass is 19.1. The predicted octanol–water partition coefficient (Wildman–Crippen LogP) is 4.16. The molecule has 210 valence electrons. The van der Waals surface area contributed by atoms with Crippen LogP contribution in [-0.2, 0) is 9.31 Å². The van der Waals surface area contributed by atoms with Gasteiger partial charge in [0.15, 0.2) is 11.6 Å². The molecule has 0 spiro atoms. The van der Waals surface area contributed by atoms with Crippen molar-refractivity contribution in [1.82, 2.24) is 10.3 Å². The van der Waals surface area contributed by atoms with Crippen molar-refractivity contribution in [3.63, 3.8) is 0 Å². The molecule has 3 heterocycles. The molecule has 2 fully saturated rings. The molecule has 0 saturated carbocycles. The maximum atomic E-state index is 15.1. The van der Waals surface area contributed by atoms with Gasteiger partial charge in [0.25, 0.3) is 0 Å². The van der Waals surface area contributed by atoms with Crippen LogP contribution in [0.2, 0.25) is 0 Å². The Labute approximate surface area is 231 Å². The molecule has 0 unspecified atom stereocenters. The number of carbonyl (C=O) groups excluding carboxylic acids is 1. The summed E-state index contributed by atoms with van der Waals surface area (Å²) in [7, 11) is -0.388. The predicted molar refractivity (Wildman–Crippen MR) is 155 cm³/mol. The van der Waals surface area contributed by atoms with Crippen LogP contribution in [0.25, 0.3) is 0 Å². The Morgan fingerprint density at radius 1 is 1.08 bits per heavy atom. The zero-order chi connectivity index (χ0) is 28.4. The summed E-state index contributed by atoms with van der Waals surface area (Å²) in [6, 6.07) is 9.06. The summed E-state index contributed by atoms with van der Waals surface area (Å²) in [6.07, 6.45) is 3.85. The molecular formula is C28H40BFN6O3. The number of pyridine rings is 1. The zero-order valence-electron chi connectivity index (χ0n) is 23.8. The Balaban J connectivity index is 1.36. The van der Waals surface area contributed by atoms with Crippen LogP contribution in [0.4, 0.5) is 26.4 Å². The smallest absolute Gasteiger partial charge is 0.399 e. The first-order valence-corrected chi connectivity index (χ1v) is 13.7. The van der Waals surface area contributed by atoms with Gasteiger partial charge in [-0.25, -0.2) is 19.1 Å². The van der Waals surface area contributed by atoms with E-state index in [1.165, 1.54) is 6.07 Å². The second-order valence-corrected chi connectivity index (χ2v) is 11.1. The molecule has 0 radical (unpaired) electrons. The summed E-state index contributed by atoms with van der Waals surface area (Å²) < 4.78 is 27.4. The SMILES string of the molecule is CCC(CC)NC(=O)N(C=N)c1ncc(N2CCN(c3ccc(B4OC(C)(C)C(C)(C)O4)cc3)CC2)cc1F. The summed E-state index contributed by atoms with van der Waals surface area (Å²) in [5, 5.41) is 10.5. The van der Waals surface area contributed by atoms with Crippen LogP contribution in [0.1, 0.15) is 54.4 Å². The van der Waals surface area contributed by atoms with Crippen molar-refractivity contribution in [2.75, 3.05) is 40.9 Å². The quantitative estimate of drug-likeness (QED) is 0.298. The van der Waals surface area contributed by atoms with Gasteiger partial charge in [-0.3, -0.25) is 5.41 Å². The number of hydrogen-bond donors (Lipinski definition) is 2. The number of amides is 2. The number of nitrogens with zero attached hydrogens (tertiary/aromatic N) is 4. The fourth-order valence-electron chi connectivity index (χ4n) is 4.77. The van der Waals surface area contributed by atoms with E-state index in [0.29, 0.717) is 18.8 Å². The van der Waals surface area contributed by atoms with Crippen molar-refractivity contribution in [3.05, 3.63) is 42.3 Å². The molecule has 9 nitrogen and oxygen atoms in total. The van der Waals surface area contributed by atoms with E-state index in [-0.39, 0.29) is 30.2 Å². The number of rotatable bonds is 8. The third kappa shape index (κ3) is 6.04. The van der Waals surface area contributed by atoms with E-state index in [0.717, 1.165) is 48.3 Å². The number of anilines is 3. The van der Waals surface area contributed by atoms with Gasteiger partial charge in [-0.05, 0) is 58.1 Å². The molecule has 0 atom stereocenters. The van der Waals surface area contributed by atoms with E-state index in [2.05, 4.69) is 44.4 Å². The number of benzene rings is 1. The lowest BCUT2D eigenvalue weighted by molar-refractivity contribution is 0.00578. The normalized spacial score (nSPS) is 18.4. The van der Waals surface area contributed by atoms with Crippen molar-refractivity contribution >= 4 is 42.1 Å². The van der Waals surface area contributed by atoms with Crippen LogP contribution in [0.5, 0.6) is 0 Å². The summed E-state index contributed by atoms with van der Waals surface area (Å²) in [4.78, 5) is 22.1. The Morgan fingerprint density at radius 2 is 1.62 bits per heavy atom. The van der Waals surface area contributed by atoms with E-state index in [1.807, 2.05) is 41.5 Å². The third-order valence-electron chi connectivity index (χ3n) is 8.13. The lowest BCUT2D eigenvalue weighted by atomic mass is 9.79. The molecule has 2 aliphatic heterocycles. The van der Waals surface area contributed by atoms with Gasteiger partial charge in [0.2, 0.25) is 0 Å². The number of piperazine rings is 1. The average Bonchev–Trinajstić information content (AvgIpc) is 3.15. The average molecular weight is 538 g/mol. The van der Waals surface area contributed by atoms with Gasteiger partial charge >= 0.3 is 13.1 Å². The second kappa shape index (κ2) is 11.5. The molecule has 39 heavy (non-hydrogen) atoms. The molecule has 0 aliphatic carbocycles. The van der Waals surface area contributed by atoms with Crippen molar-refractivity contribution in [1.29, 1.82) is 5.41 Å². The lowest BCUT2D eigenvalue weighted by Gasteiger charge is -2.37. The largest absolute Gasteiger partial charge is 0.494 e. The van der Waals surface area contributed by atoms with Gasteiger partial charge in [0.05, 0.1) is 29.4 Å². The minimum atomic E-state index is -0.642. The molecule has 1 aromatic carbocycles. The highest BCUT2D eigenvalue weighted by molar-refractivity contribution is 6.62. The monoisotopic (exact) mass is 538 g/mol. The fourth-order valence-corrected chi connectivity index (χ4v) is 4.77. The molecule has 1 aromatic heterocycles. The molecule has 2 amide bonds. The van der Waals surface area contributed by atoms with E-state index in [9.17, 15) is 4.79 Å². The van der Waals surface area contributed by atoms with Crippen LogP contribution >= 0.6 is 0 Å². The topological polar surface area (TPSA) is 94.0 Å². The van der Waals surface area contributed by atoms with Crippen LogP contribution in [0.15, 0.2) is 36.5 Å². The summed E-state index contributed by atoms with van der Waals surface area (Å²) in [5.74, 6) is -0.825. The molecule has 11 heteroatoms. The number of hydrogen-bond acceptors (Lipinski definition) is 7. The van der Waals surface area contributed by atoms with Gasteiger partial charge in [0.1, 0.15) is 0 Å². The number of carbonyl (C=O) groups is 1. The van der Waals surface area contributed by atoms with Gasteiger partial charge in [-0.15, -0.1) is 0 Å². The molecule has 2 saturated heterocycles. The minimum absolute atomic E-state index is 0.0431. The van der Waals surface area contributed by atoms with E-state index in [4.69, 9.17) is 14.7 Å². The van der Waals surface area contributed by atoms with E-state index in [1.54, 1.807) is 6.20 Å². The lowest BCUT2D eigenvalue weighted by Crippen LogP contribution is -2.47. The second-order valence-electron chi connectivity index (χ2n) is 11.1. The van der Waals surface area contributed by atoms with Crippen LogP contribution in [0, 0.1) is 11.2 Å². The van der Waals surface area contributed by atoms with Crippen LogP contribution in [0.3, 0.4) is 0 Å². The van der Waals surface area contributed by atoms with Crippen LogP contribution in [-0.4, -0.2) is 67.9 Å². The first-order valence-electron chi connectivity index (χ1n) is 13.7. The number of urea groups is 1. The molecule has 2 aromatic rings. The highest BCUT2D eigenvalue weighted by Crippen LogP contribution is 2.36.